The smallest absolute Gasteiger partial charge is 0.239 e. The molecule has 0 aliphatic rings. The first-order chi connectivity index (χ1) is 11.3. The molecule has 7 nitrogen and oxygen atoms in total. The van der Waals surface area contributed by atoms with Crippen molar-refractivity contribution in [1.82, 2.24) is 25.0 Å². The minimum atomic E-state index is -0.0768. The average Bonchev–Trinajstić information content (AvgIpc) is 3.21. The van der Waals surface area contributed by atoms with Crippen molar-refractivity contribution >= 4 is 5.91 Å². The van der Waals surface area contributed by atoms with Crippen LogP contribution in [0.1, 0.15) is 17.3 Å². The first-order valence-electron chi connectivity index (χ1n) is 7.37. The predicted octanol–water partition coefficient (Wildman–Crippen LogP) is 1.22. The fraction of sp³-hybridized carbons (Fsp3) is 0.250. The van der Waals surface area contributed by atoms with Gasteiger partial charge in [-0.2, -0.15) is 4.98 Å². The number of amides is 1. The Morgan fingerprint density at radius 3 is 2.91 bits per heavy atom. The maximum atomic E-state index is 11.7. The number of carbonyl (C=O) groups excluding carboxylic acids is 1. The van der Waals surface area contributed by atoms with Gasteiger partial charge in [0.2, 0.25) is 11.8 Å². The number of aromatic nitrogens is 4. The molecule has 7 heteroatoms. The highest BCUT2D eigenvalue weighted by Gasteiger charge is 2.08. The summed E-state index contributed by atoms with van der Waals surface area (Å²) in [6.45, 7) is 0.712. The maximum Gasteiger partial charge on any atom is 0.239 e. The summed E-state index contributed by atoms with van der Waals surface area (Å²) in [5, 5.41) is 6.77. The van der Waals surface area contributed by atoms with Crippen LogP contribution in [0.2, 0.25) is 0 Å². The summed E-state index contributed by atoms with van der Waals surface area (Å²) >= 11 is 0. The molecule has 0 bridgehead atoms. The summed E-state index contributed by atoms with van der Waals surface area (Å²) in [6, 6.07) is 9.97. The molecule has 118 valence electrons. The van der Waals surface area contributed by atoms with Crippen molar-refractivity contribution < 1.29 is 9.32 Å². The van der Waals surface area contributed by atoms with Crippen LogP contribution >= 0.6 is 0 Å². The summed E-state index contributed by atoms with van der Waals surface area (Å²) in [4.78, 5) is 19.9. The van der Waals surface area contributed by atoms with E-state index in [2.05, 4.69) is 20.4 Å². The number of rotatable bonds is 7. The van der Waals surface area contributed by atoms with E-state index < -0.39 is 0 Å². The van der Waals surface area contributed by atoms with Crippen molar-refractivity contribution in [1.29, 1.82) is 0 Å². The van der Waals surface area contributed by atoms with E-state index in [1.54, 1.807) is 23.3 Å². The van der Waals surface area contributed by atoms with Crippen molar-refractivity contribution in [3.63, 3.8) is 0 Å². The zero-order chi connectivity index (χ0) is 15.9. The van der Waals surface area contributed by atoms with Crippen LogP contribution in [0.3, 0.4) is 0 Å². The van der Waals surface area contributed by atoms with Crippen LogP contribution in [-0.4, -0.2) is 32.1 Å². The van der Waals surface area contributed by atoms with Gasteiger partial charge in [-0.3, -0.25) is 4.79 Å². The van der Waals surface area contributed by atoms with Crippen LogP contribution < -0.4 is 5.32 Å². The van der Waals surface area contributed by atoms with Gasteiger partial charge >= 0.3 is 0 Å². The molecule has 0 fully saturated rings. The van der Waals surface area contributed by atoms with Gasteiger partial charge in [0, 0.05) is 31.8 Å². The van der Waals surface area contributed by atoms with Crippen molar-refractivity contribution in [3.05, 3.63) is 66.3 Å². The molecular weight excluding hydrogens is 294 g/mol. The van der Waals surface area contributed by atoms with Crippen LogP contribution in [0.25, 0.3) is 0 Å². The van der Waals surface area contributed by atoms with Crippen LogP contribution in [0, 0.1) is 0 Å². The molecule has 1 aromatic carbocycles. The Labute approximate surface area is 133 Å². The quantitative estimate of drug-likeness (QED) is 0.709. The fourth-order valence-corrected chi connectivity index (χ4v) is 2.15. The van der Waals surface area contributed by atoms with Gasteiger partial charge in [-0.1, -0.05) is 35.5 Å². The number of hydrogen-bond donors (Lipinski definition) is 1. The van der Waals surface area contributed by atoms with Crippen molar-refractivity contribution in [2.24, 2.45) is 0 Å². The maximum absolute atomic E-state index is 11.7. The lowest BCUT2D eigenvalue weighted by Crippen LogP contribution is -2.29. The molecule has 0 saturated heterocycles. The fourth-order valence-electron chi connectivity index (χ4n) is 2.15. The Kier molecular flexibility index (Phi) is 4.78. The van der Waals surface area contributed by atoms with Crippen molar-refractivity contribution in [3.8, 4) is 0 Å². The lowest BCUT2D eigenvalue weighted by molar-refractivity contribution is -0.121. The van der Waals surface area contributed by atoms with Crippen LogP contribution in [0.4, 0.5) is 0 Å². The molecule has 0 atom stereocenters. The Balaban J connectivity index is 1.43. The third kappa shape index (κ3) is 4.50. The molecule has 0 saturated carbocycles. The van der Waals surface area contributed by atoms with E-state index in [0.29, 0.717) is 31.1 Å². The van der Waals surface area contributed by atoms with Gasteiger partial charge in [-0.15, -0.1) is 0 Å². The van der Waals surface area contributed by atoms with E-state index in [0.717, 1.165) is 5.56 Å². The highest BCUT2D eigenvalue weighted by molar-refractivity contribution is 5.75. The third-order valence-electron chi connectivity index (χ3n) is 3.26. The standard InChI is InChI=1S/C16H17N5O2/c22-15(11-21-9-8-17-12-21)18-7-6-16-19-14(20-23-16)10-13-4-2-1-3-5-13/h1-5,8-9,12H,6-7,10-11H2,(H,18,22). The zero-order valence-corrected chi connectivity index (χ0v) is 12.6. The molecule has 2 aromatic heterocycles. The molecule has 2 heterocycles. The summed E-state index contributed by atoms with van der Waals surface area (Å²) < 4.78 is 6.91. The summed E-state index contributed by atoms with van der Waals surface area (Å²) in [6.07, 6.45) is 6.13. The SMILES string of the molecule is O=C(Cn1ccnc1)NCCc1nc(Cc2ccccc2)no1. The Morgan fingerprint density at radius 1 is 1.26 bits per heavy atom. The largest absolute Gasteiger partial charge is 0.354 e. The first kappa shape index (κ1) is 15.0. The highest BCUT2D eigenvalue weighted by Crippen LogP contribution is 2.06. The van der Waals surface area contributed by atoms with Crippen LogP contribution in [-0.2, 0) is 24.2 Å². The van der Waals surface area contributed by atoms with Crippen molar-refractivity contribution in [2.75, 3.05) is 6.54 Å². The lowest BCUT2D eigenvalue weighted by atomic mass is 10.1. The summed E-state index contributed by atoms with van der Waals surface area (Å²) in [5.41, 5.74) is 1.13. The molecule has 3 rings (SSSR count). The van der Waals surface area contributed by atoms with Crippen LogP contribution in [0.5, 0.6) is 0 Å². The van der Waals surface area contributed by atoms with Gasteiger partial charge < -0.3 is 14.4 Å². The van der Waals surface area contributed by atoms with E-state index in [-0.39, 0.29) is 12.5 Å². The minimum Gasteiger partial charge on any atom is -0.354 e. The Hall–Kier alpha value is -2.96. The van der Waals surface area contributed by atoms with Gasteiger partial charge in [0.25, 0.3) is 0 Å². The topological polar surface area (TPSA) is 85.8 Å². The van der Waals surface area contributed by atoms with Crippen LogP contribution in [0.15, 0.2) is 53.6 Å². The molecular formula is C16H17N5O2. The number of imidazole rings is 1. The molecule has 0 aliphatic heterocycles. The minimum absolute atomic E-state index is 0.0768. The van der Waals surface area contributed by atoms with Gasteiger partial charge in [0.15, 0.2) is 5.82 Å². The van der Waals surface area contributed by atoms with E-state index in [4.69, 9.17) is 4.52 Å². The molecule has 3 aromatic rings. The molecule has 0 radical (unpaired) electrons. The van der Waals surface area contributed by atoms with E-state index in [9.17, 15) is 4.79 Å². The van der Waals surface area contributed by atoms with Gasteiger partial charge in [0.1, 0.15) is 6.54 Å². The molecule has 23 heavy (non-hydrogen) atoms. The molecule has 0 aliphatic carbocycles. The molecule has 1 N–H and O–H groups in total. The second kappa shape index (κ2) is 7.35. The monoisotopic (exact) mass is 311 g/mol. The Bertz CT molecular complexity index is 737. The van der Waals surface area contributed by atoms with Gasteiger partial charge in [0.05, 0.1) is 6.33 Å². The summed E-state index contributed by atoms with van der Waals surface area (Å²) in [7, 11) is 0. The predicted molar refractivity (Wildman–Crippen MR) is 82.5 cm³/mol. The molecule has 1 amide bonds. The molecule has 0 unspecified atom stereocenters. The number of nitrogens with zero attached hydrogens (tertiary/aromatic N) is 4. The van der Waals surface area contributed by atoms with E-state index in [1.165, 1.54) is 0 Å². The van der Waals surface area contributed by atoms with Gasteiger partial charge in [-0.25, -0.2) is 4.98 Å². The first-order valence-corrected chi connectivity index (χ1v) is 7.37. The second-order valence-electron chi connectivity index (χ2n) is 5.10. The van der Waals surface area contributed by atoms with E-state index >= 15 is 0 Å². The normalized spacial score (nSPS) is 10.6. The van der Waals surface area contributed by atoms with Crippen molar-refractivity contribution in [2.45, 2.75) is 19.4 Å². The lowest BCUT2D eigenvalue weighted by Gasteiger charge is -2.03. The number of benzene rings is 1. The van der Waals surface area contributed by atoms with Gasteiger partial charge in [-0.05, 0) is 5.56 Å². The third-order valence-corrected chi connectivity index (χ3v) is 3.26. The Morgan fingerprint density at radius 2 is 2.13 bits per heavy atom. The number of carbonyl (C=O) groups is 1. The van der Waals surface area contributed by atoms with E-state index in [1.807, 2.05) is 30.3 Å². The second-order valence-corrected chi connectivity index (χ2v) is 5.10. The highest BCUT2D eigenvalue weighted by atomic mass is 16.5. The molecule has 0 spiro atoms. The summed E-state index contributed by atoms with van der Waals surface area (Å²) in [5.74, 6) is 1.10. The average molecular weight is 311 g/mol. The zero-order valence-electron chi connectivity index (χ0n) is 12.6. The number of nitrogens with one attached hydrogen (secondary N) is 1. The number of hydrogen-bond acceptors (Lipinski definition) is 5.